The van der Waals surface area contributed by atoms with Crippen molar-refractivity contribution in [3.05, 3.63) is 56.4 Å². The number of benzene rings is 1. The summed E-state index contributed by atoms with van der Waals surface area (Å²) in [6, 6.07) is 8.57. The molecule has 5 nitrogen and oxygen atoms in total. The fraction of sp³-hybridized carbons (Fsp3) is 0.231. The molecule has 0 amide bonds. The van der Waals surface area contributed by atoms with Gasteiger partial charge in [0.15, 0.2) is 4.67 Å². The molecule has 0 aliphatic carbocycles. The Morgan fingerprint density at radius 3 is 2.68 bits per heavy atom. The molecule has 0 spiro atoms. The van der Waals surface area contributed by atoms with Crippen molar-refractivity contribution < 1.29 is 9.34 Å². The summed E-state index contributed by atoms with van der Waals surface area (Å²) < 4.78 is 6.11. The van der Waals surface area contributed by atoms with Gasteiger partial charge in [-0.05, 0) is 48.0 Å². The lowest BCUT2D eigenvalue weighted by atomic mass is 10.1. The van der Waals surface area contributed by atoms with E-state index >= 15 is 0 Å². The minimum Gasteiger partial charge on any atom is -0.452 e. The molecule has 1 aromatic heterocycles. The maximum atomic E-state index is 10.9. The van der Waals surface area contributed by atoms with E-state index in [4.69, 9.17) is 4.42 Å². The summed E-state index contributed by atoms with van der Waals surface area (Å²) >= 11 is 3.25. The predicted molar refractivity (Wildman–Crippen MR) is 76.3 cm³/mol. The van der Waals surface area contributed by atoms with Gasteiger partial charge in [0, 0.05) is 17.3 Å². The molecular weight excluding hydrogens is 312 g/mol. The quantitative estimate of drug-likeness (QED) is 0.667. The molecule has 1 N–H and O–H groups in total. The molecular formula is C13H13BrN2O3. The number of anilines is 1. The third-order valence-corrected chi connectivity index (χ3v) is 3.32. The van der Waals surface area contributed by atoms with Crippen molar-refractivity contribution in [2.75, 3.05) is 5.32 Å². The molecule has 0 fully saturated rings. The van der Waals surface area contributed by atoms with Gasteiger partial charge in [-0.25, -0.2) is 0 Å². The molecule has 100 valence electrons. The summed E-state index contributed by atoms with van der Waals surface area (Å²) in [6.45, 7) is 3.66. The van der Waals surface area contributed by atoms with Gasteiger partial charge in [0.05, 0.1) is 11.0 Å². The number of nitrogens with zero attached hydrogens (tertiary/aromatic N) is 1. The SMILES string of the molecule is Cc1c(NC(C)c2ccc(Br)o2)cccc1[N+](=O)[O-]. The summed E-state index contributed by atoms with van der Waals surface area (Å²) in [5.74, 6) is 0.762. The maximum Gasteiger partial charge on any atom is 0.274 e. The van der Waals surface area contributed by atoms with Crippen LogP contribution in [0.25, 0.3) is 0 Å². The van der Waals surface area contributed by atoms with Crippen molar-refractivity contribution in [3.63, 3.8) is 0 Å². The van der Waals surface area contributed by atoms with E-state index in [-0.39, 0.29) is 16.7 Å². The molecule has 1 aromatic carbocycles. The van der Waals surface area contributed by atoms with Crippen LogP contribution in [0.4, 0.5) is 11.4 Å². The molecule has 0 aliphatic rings. The number of hydrogen-bond acceptors (Lipinski definition) is 4. The van der Waals surface area contributed by atoms with Crippen LogP contribution in [0.1, 0.15) is 24.3 Å². The molecule has 0 saturated heterocycles. The minimum atomic E-state index is -0.380. The first-order valence-electron chi connectivity index (χ1n) is 5.75. The standard InChI is InChI=1S/C13H13BrN2O3/c1-8-10(4-3-5-11(8)16(17)18)15-9(2)12-6-7-13(14)19-12/h3-7,9,15H,1-2H3. The summed E-state index contributed by atoms with van der Waals surface area (Å²) in [7, 11) is 0. The Morgan fingerprint density at radius 1 is 1.37 bits per heavy atom. The fourth-order valence-electron chi connectivity index (χ4n) is 1.84. The van der Waals surface area contributed by atoms with Crippen LogP contribution in [0.5, 0.6) is 0 Å². The Hall–Kier alpha value is -1.82. The highest BCUT2D eigenvalue weighted by molar-refractivity contribution is 9.10. The van der Waals surface area contributed by atoms with Crippen LogP contribution in [-0.4, -0.2) is 4.92 Å². The highest BCUT2D eigenvalue weighted by Crippen LogP contribution is 2.29. The van der Waals surface area contributed by atoms with Crippen molar-refractivity contribution in [2.24, 2.45) is 0 Å². The molecule has 1 atom stereocenters. The van der Waals surface area contributed by atoms with E-state index in [0.717, 1.165) is 11.4 Å². The van der Waals surface area contributed by atoms with Crippen LogP contribution in [0, 0.1) is 17.0 Å². The lowest BCUT2D eigenvalue weighted by Crippen LogP contribution is -2.07. The molecule has 0 saturated carbocycles. The zero-order valence-electron chi connectivity index (χ0n) is 10.5. The summed E-state index contributed by atoms with van der Waals surface area (Å²) in [4.78, 5) is 10.5. The van der Waals surface area contributed by atoms with Crippen LogP contribution < -0.4 is 5.32 Å². The second-order valence-corrected chi connectivity index (χ2v) is 5.00. The normalized spacial score (nSPS) is 12.2. The van der Waals surface area contributed by atoms with E-state index in [0.29, 0.717) is 10.2 Å². The Morgan fingerprint density at radius 2 is 2.11 bits per heavy atom. The zero-order chi connectivity index (χ0) is 14.0. The smallest absolute Gasteiger partial charge is 0.274 e. The van der Waals surface area contributed by atoms with Crippen LogP contribution in [0.3, 0.4) is 0 Å². The second-order valence-electron chi connectivity index (χ2n) is 4.21. The monoisotopic (exact) mass is 324 g/mol. The van der Waals surface area contributed by atoms with Gasteiger partial charge in [-0.3, -0.25) is 10.1 Å². The van der Waals surface area contributed by atoms with Crippen molar-refractivity contribution in [3.8, 4) is 0 Å². The lowest BCUT2D eigenvalue weighted by Gasteiger charge is -2.14. The van der Waals surface area contributed by atoms with Gasteiger partial charge in [0.25, 0.3) is 5.69 Å². The number of halogens is 1. The minimum absolute atomic E-state index is 0.0768. The fourth-order valence-corrected chi connectivity index (χ4v) is 2.16. The van der Waals surface area contributed by atoms with Crippen molar-refractivity contribution in [1.29, 1.82) is 0 Å². The molecule has 1 heterocycles. The maximum absolute atomic E-state index is 10.9. The average Bonchev–Trinajstić information content (AvgIpc) is 2.78. The summed E-state index contributed by atoms with van der Waals surface area (Å²) in [5, 5.41) is 14.1. The van der Waals surface area contributed by atoms with Crippen molar-refractivity contribution in [1.82, 2.24) is 0 Å². The van der Waals surface area contributed by atoms with Crippen LogP contribution in [0.2, 0.25) is 0 Å². The highest BCUT2D eigenvalue weighted by Gasteiger charge is 2.16. The van der Waals surface area contributed by atoms with Gasteiger partial charge >= 0.3 is 0 Å². The Kier molecular flexibility index (Phi) is 3.90. The lowest BCUT2D eigenvalue weighted by molar-refractivity contribution is -0.385. The largest absolute Gasteiger partial charge is 0.452 e. The molecule has 6 heteroatoms. The molecule has 0 bridgehead atoms. The molecule has 0 radical (unpaired) electrons. The van der Waals surface area contributed by atoms with Gasteiger partial charge in [-0.15, -0.1) is 0 Å². The number of nitro groups is 1. The summed E-state index contributed by atoms with van der Waals surface area (Å²) in [6.07, 6.45) is 0. The molecule has 2 rings (SSSR count). The second kappa shape index (κ2) is 5.44. The predicted octanol–water partition coefficient (Wildman–Crippen LogP) is 4.43. The Labute approximate surface area is 118 Å². The van der Waals surface area contributed by atoms with Crippen LogP contribution in [-0.2, 0) is 0 Å². The third-order valence-electron chi connectivity index (χ3n) is 2.89. The summed E-state index contributed by atoms with van der Waals surface area (Å²) in [5.41, 5.74) is 1.46. The van der Waals surface area contributed by atoms with E-state index in [2.05, 4.69) is 21.2 Å². The molecule has 2 aromatic rings. The Balaban J connectivity index is 2.24. The van der Waals surface area contributed by atoms with Crippen molar-refractivity contribution in [2.45, 2.75) is 19.9 Å². The van der Waals surface area contributed by atoms with E-state index in [1.54, 1.807) is 13.0 Å². The van der Waals surface area contributed by atoms with Gasteiger partial charge in [0.2, 0.25) is 0 Å². The molecule has 1 unspecified atom stereocenters. The first-order valence-corrected chi connectivity index (χ1v) is 6.54. The highest BCUT2D eigenvalue weighted by atomic mass is 79.9. The van der Waals surface area contributed by atoms with E-state index in [9.17, 15) is 10.1 Å². The third kappa shape index (κ3) is 2.96. The number of nitrogens with one attached hydrogen (secondary N) is 1. The van der Waals surface area contributed by atoms with Gasteiger partial charge in [0.1, 0.15) is 5.76 Å². The van der Waals surface area contributed by atoms with Gasteiger partial charge in [-0.1, -0.05) is 6.07 Å². The average molecular weight is 325 g/mol. The number of hydrogen-bond donors (Lipinski definition) is 1. The van der Waals surface area contributed by atoms with Crippen LogP contribution in [0.15, 0.2) is 39.4 Å². The number of furan rings is 1. The van der Waals surface area contributed by atoms with E-state index in [1.807, 2.05) is 25.1 Å². The van der Waals surface area contributed by atoms with E-state index in [1.165, 1.54) is 6.07 Å². The number of rotatable bonds is 4. The Bertz CT molecular complexity index is 610. The first-order chi connectivity index (χ1) is 8.99. The topological polar surface area (TPSA) is 68.3 Å². The zero-order valence-corrected chi connectivity index (χ0v) is 12.1. The van der Waals surface area contributed by atoms with Crippen LogP contribution >= 0.6 is 15.9 Å². The van der Waals surface area contributed by atoms with Crippen molar-refractivity contribution >= 4 is 27.3 Å². The number of nitro benzene ring substituents is 1. The molecule has 0 aliphatic heterocycles. The van der Waals surface area contributed by atoms with Gasteiger partial charge in [-0.2, -0.15) is 0 Å². The van der Waals surface area contributed by atoms with E-state index < -0.39 is 0 Å². The first kappa shape index (κ1) is 13.6. The van der Waals surface area contributed by atoms with Gasteiger partial charge < -0.3 is 9.73 Å². The molecule has 19 heavy (non-hydrogen) atoms.